The Morgan fingerprint density at radius 3 is 2.50 bits per heavy atom. The molecule has 2 atom stereocenters. The van der Waals surface area contributed by atoms with Gasteiger partial charge in [0.05, 0.1) is 11.5 Å². The topological polar surface area (TPSA) is 55.4 Å². The second kappa shape index (κ2) is 7.01. The highest BCUT2D eigenvalue weighted by Gasteiger charge is 2.28. The van der Waals surface area contributed by atoms with Gasteiger partial charge in [-0.15, -0.1) is 0 Å². The minimum atomic E-state index is -3.48. The van der Waals surface area contributed by atoms with Crippen LogP contribution in [0.2, 0.25) is 0 Å². The van der Waals surface area contributed by atoms with Gasteiger partial charge in [-0.05, 0) is 62.8 Å². The van der Waals surface area contributed by atoms with Crippen LogP contribution >= 0.6 is 0 Å². The van der Waals surface area contributed by atoms with Crippen LogP contribution in [0.1, 0.15) is 50.7 Å². The van der Waals surface area contributed by atoms with Gasteiger partial charge in [-0.1, -0.05) is 19.8 Å². The lowest BCUT2D eigenvalue weighted by Crippen LogP contribution is -2.41. The van der Waals surface area contributed by atoms with E-state index in [4.69, 9.17) is 4.74 Å². The summed E-state index contributed by atoms with van der Waals surface area (Å²) < 4.78 is 33.9. The standard InChI is InChI=1S/C17H27NO3S/c1-5-21-16-10-14(4)17(11-13(16)3)22(19,20)18-15-9-7-6-8-12(15)2/h10-12,15,18H,5-9H2,1-4H3/t12-,15+/m1/s1. The lowest BCUT2D eigenvalue weighted by atomic mass is 9.87. The van der Waals surface area contributed by atoms with Crippen molar-refractivity contribution in [1.29, 1.82) is 0 Å². The summed E-state index contributed by atoms with van der Waals surface area (Å²) in [7, 11) is -3.48. The Labute approximate surface area is 134 Å². The van der Waals surface area contributed by atoms with E-state index in [0.717, 1.165) is 36.1 Å². The van der Waals surface area contributed by atoms with Gasteiger partial charge < -0.3 is 4.74 Å². The van der Waals surface area contributed by atoms with Crippen LogP contribution in [0, 0.1) is 19.8 Å². The van der Waals surface area contributed by atoms with Crippen molar-refractivity contribution in [2.75, 3.05) is 6.61 Å². The van der Waals surface area contributed by atoms with Crippen LogP contribution in [-0.2, 0) is 10.0 Å². The van der Waals surface area contributed by atoms with E-state index in [1.165, 1.54) is 6.42 Å². The van der Waals surface area contributed by atoms with E-state index >= 15 is 0 Å². The zero-order chi connectivity index (χ0) is 16.3. The molecule has 0 unspecified atom stereocenters. The molecule has 1 aliphatic carbocycles. The van der Waals surface area contributed by atoms with Gasteiger partial charge in [0.1, 0.15) is 5.75 Å². The molecule has 124 valence electrons. The SMILES string of the molecule is CCOc1cc(C)c(S(=O)(=O)N[C@H]2CCCC[C@H]2C)cc1C. The maximum Gasteiger partial charge on any atom is 0.241 e. The van der Waals surface area contributed by atoms with Crippen LogP contribution in [-0.4, -0.2) is 21.1 Å². The van der Waals surface area contributed by atoms with E-state index in [1.807, 2.05) is 26.8 Å². The number of ether oxygens (including phenoxy) is 1. The summed E-state index contributed by atoms with van der Waals surface area (Å²) in [5, 5.41) is 0. The third-order valence-corrected chi connectivity index (χ3v) is 6.11. The normalized spacial score (nSPS) is 22.5. The molecule has 5 heteroatoms. The van der Waals surface area contributed by atoms with E-state index in [1.54, 1.807) is 6.07 Å². The summed E-state index contributed by atoms with van der Waals surface area (Å²) in [6.07, 6.45) is 4.31. The number of hydrogen-bond acceptors (Lipinski definition) is 3. The van der Waals surface area contributed by atoms with Crippen molar-refractivity contribution in [1.82, 2.24) is 4.72 Å². The summed E-state index contributed by atoms with van der Waals surface area (Å²) in [5.41, 5.74) is 1.58. The quantitative estimate of drug-likeness (QED) is 0.900. The van der Waals surface area contributed by atoms with Crippen molar-refractivity contribution in [2.24, 2.45) is 5.92 Å². The molecule has 0 saturated heterocycles. The Bertz CT molecular complexity index is 625. The summed E-state index contributed by atoms with van der Waals surface area (Å²) >= 11 is 0. The van der Waals surface area contributed by atoms with Crippen LogP contribution in [0.5, 0.6) is 5.75 Å². The Morgan fingerprint density at radius 1 is 1.18 bits per heavy atom. The average Bonchev–Trinajstić information content (AvgIpc) is 2.45. The van der Waals surface area contributed by atoms with Gasteiger partial charge >= 0.3 is 0 Å². The third-order valence-electron chi connectivity index (χ3n) is 4.48. The number of aryl methyl sites for hydroxylation is 2. The predicted octanol–water partition coefficient (Wildman–Crippen LogP) is 3.56. The van der Waals surface area contributed by atoms with Gasteiger partial charge in [-0.3, -0.25) is 0 Å². The third kappa shape index (κ3) is 3.82. The van der Waals surface area contributed by atoms with E-state index in [-0.39, 0.29) is 6.04 Å². The van der Waals surface area contributed by atoms with E-state index in [2.05, 4.69) is 11.6 Å². The van der Waals surface area contributed by atoms with Crippen LogP contribution in [0.15, 0.2) is 17.0 Å². The Morgan fingerprint density at radius 2 is 1.86 bits per heavy atom. The van der Waals surface area contributed by atoms with Gasteiger partial charge in [0.2, 0.25) is 10.0 Å². The molecule has 0 radical (unpaired) electrons. The molecule has 1 aromatic rings. The van der Waals surface area contributed by atoms with Crippen molar-refractivity contribution >= 4 is 10.0 Å². The van der Waals surface area contributed by atoms with E-state index in [0.29, 0.717) is 17.4 Å². The lowest BCUT2D eigenvalue weighted by molar-refractivity contribution is 0.310. The fourth-order valence-corrected chi connectivity index (χ4v) is 4.81. The minimum absolute atomic E-state index is 0.0463. The van der Waals surface area contributed by atoms with Crippen LogP contribution in [0.25, 0.3) is 0 Å². The molecule has 22 heavy (non-hydrogen) atoms. The molecule has 1 aliphatic rings. The molecule has 4 nitrogen and oxygen atoms in total. The fraction of sp³-hybridized carbons (Fsp3) is 0.647. The molecule has 0 bridgehead atoms. The molecule has 0 spiro atoms. The summed E-state index contributed by atoms with van der Waals surface area (Å²) in [4.78, 5) is 0.367. The highest BCUT2D eigenvalue weighted by molar-refractivity contribution is 7.89. The monoisotopic (exact) mass is 325 g/mol. The second-order valence-electron chi connectivity index (χ2n) is 6.31. The average molecular weight is 325 g/mol. The van der Waals surface area contributed by atoms with Gasteiger partial charge in [0, 0.05) is 6.04 Å². The van der Waals surface area contributed by atoms with Crippen LogP contribution in [0.4, 0.5) is 0 Å². The van der Waals surface area contributed by atoms with Crippen LogP contribution in [0.3, 0.4) is 0 Å². The summed E-state index contributed by atoms with van der Waals surface area (Å²) in [5.74, 6) is 1.15. The Hall–Kier alpha value is -1.07. The first-order chi connectivity index (χ1) is 10.3. The second-order valence-corrected chi connectivity index (χ2v) is 7.99. The van der Waals surface area contributed by atoms with E-state index < -0.39 is 10.0 Å². The molecule has 2 rings (SSSR count). The first kappa shape index (κ1) is 17.3. The number of sulfonamides is 1. The minimum Gasteiger partial charge on any atom is -0.494 e. The van der Waals surface area contributed by atoms with Crippen LogP contribution < -0.4 is 9.46 Å². The Kier molecular flexibility index (Phi) is 5.50. The molecule has 0 amide bonds. The highest BCUT2D eigenvalue weighted by atomic mass is 32.2. The van der Waals surface area contributed by atoms with Crippen molar-refractivity contribution < 1.29 is 13.2 Å². The van der Waals surface area contributed by atoms with E-state index in [9.17, 15) is 8.42 Å². The molecule has 1 N–H and O–H groups in total. The van der Waals surface area contributed by atoms with Crippen molar-refractivity contribution in [3.63, 3.8) is 0 Å². The van der Waals surface area contributed by atoms with Gasteiger partial charge in [-0.2, -0.15) is 0 Å². The Balaban J connectivity index is 2.27. The number of hydrogen-bond donors (Lipinski definition) is 1. The van der Waals surface area contributed by atoms with Crippen molar-refractivity contribution in [3.8, 4) is 5.75 Å². The fourth-order valence-electron chi connectivity index (χ4n) is 3.12. The maximum atomic E-state index is 12.7. The number of benzene rings is 1. The first-order valence-corrected chi connectivity index (χ1v) is 9.60. The molecule has 1 saturated carbocycles. The number of rotatable bonds is 5. The van der Waals surface area contributed by atoms with Gasteiger partial charge in [0.15, 0.2) is 0 Å². The molecule has 1 fully saturated rings. The molecular weight excluding hydrogens is 298 g/mol. The predicted molar refractivity (Wildman–Crippen MR) is 88.8 cm³/mol. The van der Waals surface area contributed by atoms with Crippen molar-refractivity contribution in [3.05, 3.63) is 23.3 Å². The van der Waals surface area contributed by atoms with Gasteiger partial charge in [0.25, 0.3) is 0 Å². The smallest absolute Gasteiger partial charge is 0.241 e. The zero-order valence-electron chi connectivity index (χ0n) is 14.0. The molecule has 0 aromatic heterocycles. The highest BCUT2D eigenvalue weighted by Crippen LogP contribution is 2.28. The number of nitrogens with one attached hydrogen (secondary N) is 1. The summed E-state index contributed by atoms with van der Waals surface area (Å²) in [6.45, 7) is 8.33. The van der Waals surface area contributed by atoms with Gasteiger partial charge in [-0.25, -0.2) is 13.1 Å². The summed E-state index contributed by atoms with van der Waals surface area (Å²) in [6, 6.07) is 3.58. The molecule has 0 aliphatic heterocycles. The van der Waals surface area contributed by atoms with Crippen molar-refractivity contribution in [2.45, 2.75) is 64.3 Å². The largest absolute Gasteiger partial charge is 0.494 e. The zero-order valence-corrected chi connectivity index (χ0v) is 14.8. The first-order valence-electron chi connectivity index (χ1n) is 8.11. The maximum absolute atomic E-state index is 12.7. The molecule has 0 heterocycles. The molecular formula is C17H27NO3S. The lowest BCUT2D eigenvalue weighted by Gasteiger charge is -2.29. The molecule has 1 aromatic carbocycles.